The standard InChI is InChI=1S/C39H30N2O3/c42-36(30-21-23-37-38(26-30)44-25-24-43-37)22-20-29-12-10-11-19-34(29)35-27-41(28-40-35)39(31-13-4-1-5-14-31,32-15-6-2-7-16-32)33-17-8-3-9-18-33/h1-23,26-28H,24-25H2. The third kappa shape index (κ3) is 4.99. The van der Waals surface area contributed by atoms with Crippen LogP contribution < -0.4 is 9.47 Å². The van der Waals surface area contributed by atoms with E-state index in [0.717, 1.165) is 33.5 Å². The Labute approximate surface area is 256 Å². The molecule has 5 heteroatoms. The monoisotopic (exact) mass is 574 g/mol. The molecule has 0 radical (unpaired) electrons. The van der Waals surface area contributed by atoms with Gasteiger partial charge in [0.05, 0.1) is 12.0 Å². The number of benzene rings is 5. The van der Waals surface area contributed by atoms with Gasteiger partial charge in [0.1, 0.15) is 18.8 Å². The van der Waals surface area contributed by atoms with E-state index < -0.39 is 5.54 Å². The van der Waals surface area contributed by atoms with E-state index in [2.05, 4.69) is 83.6 Å². The number of carbonyl (C=O) groups is 1. The molecule has 1 aromatic heterocycles. The Kier molecular flexibility index (Phi) is 7.35. The Morgan fingerprint density at radius 3 is 1.89 bits per heavy atom. The summed E-state index contributed by atoms with van der Waals surface area (Å²) in [6, 6.07) is 44.9. The molecular weight excluding hydrogens is 544 g/mol. The van der Waals surface area contributed by atoms with E-state index in [0.29, 0.717) is 30.3 Å². The van der Waals surface area contributed by atoms with E-state index in [-0.39, 0.29) is 5.78 Å². The van der Waals surface area contributed by atoms with Crippen LogP contribution in [0.4, 0.5) is 0 Å². The molecule has 0 amide bonds. The predicted octanol–water partition coefficient (Wildman–Crippen LogP) is 8.06. The SMILES string of the molecule is O=C(C=Cc1ccccc1-c1cn(C(c2ccccc2)(c2ccccc2)c2ccccc2)cn1)c1ccc2c(c1)OCCO2. The quantitative estimate of drug-likeness (QED) is 0.105. The first kappa shape index (κ1) is 27.2. The van der Waals surface area contributed by atoms with Gasteiger partial charge in [-0.05, 0) is 46.5 Å². The number of ether oxygens (including phenoxy) is 2. The van der Waals surface area contributed by atoms with Crippen LogP contribution in [-0.2, 0) is 5.54 Å². The predicted molar refractivity (Wildman–Crippen MR) is 173 cm³/mol. The van der Waals surface area contributed by atoms with Gasteiger partial charge in [-0.1, -0.05) is 121 Å². The summed E-state index contributed by atoms with van der Waals surface area (Å²) in [7, 11) is 0. The molecule has 214 valence electrons. The number of fused-ring (bicyclic) bond motifs is 1. The highest BCUT2D eigenvalue weighted by Crippen LogP contribution is 2.41. The average molecular weight is 575 g/mol. The number of aromatic nitrogens is 2. The summed E-state index contributed by atoms with van der Waals surface area (Å²) in [6.07, 6.45) is 7.46. The molecule has 5 nitrogen and oxygen atoms in total. The van der Waals surface area contributed by atoms with E-state index >= 15 is 0 Å². The second kappa shape index (κ2) is 11.9. The second-order valence-electron chi connectivity index (χ2n) is 10.6. The lowest BCUT2D eigenvalue weighted by atomic mass is 9.77. The lowest BCUT2D eigenvalue weighted by molar-refractivity contribution is 0.104. The number of nitrogens with zero attached hydrogens (tertiary/aromatic N) is 2. The Morgan fingerprint density at radius 1 is 0.682 bits per heavy atom. The van der Waals surface area contributed by atoms with Gasteiger partial charge in [0.15, 0.2) is 17.3 Å². The third-order valence-electron chi connectivity index (χ3n) is 8.02. The first-order valence-corrected chi connectivity index (χ1v) is 14.7. The van der Waals surface area contributed by atoms with Gasteiger partial charge < -0.3 is 14.0 Å². The molecule has 0 spiro atoms. The molecule has 2 heterocycles. The van der Waals surface area contributed by atoms with Crippen LogP contribution in [-0.4, -0.2) is 28.5 Å². The maximum Gasteiger partial charge on any atom is 0.185 e. The fourth-order valence-corrected chi connectivity index (χ4v) is 5.96. The minimum Gasteiger partial charge on any atom is -0.486 e. The van der Waals surface area contributed by atoms with Crippen molar-refractivity contribution in [3.63, 3.8) is 0 Å². The van der Waals surface area contributed by atoms with Crippen molar-refractivity contribution >= 4 is 11.9 Å². The highest BCUT2D eigenvalue weighted by atomic mass is 16.6. The first-order valence-electron chi connectivity index (χ1n) is 14.7. The maximum absolute atomic E-state index is 13.2. The van der Waals surface area contributed by atoms with Crippen molar-refractivity contribution in [2.45, 2.75) is 5.54 Å². The lowest BCUT2D eigenvalue weighted by Gasteiger charge is -2.37. The van der Waals surface area contributed by atoms with Crippen LogP contribution >= 0.6 is 0 Å². The van der Waals surface area contributed by atoms with Crippen LogP contribution in [0.25, 0.3) is 17.3 Å². The molecule has 1 aliphatic rings. The van der Waals surface area contributed by atoms with Gasteiger partial charge in [-0.2, -0.15) is 0 Å². The van der Waals surface area contributed by atoms with Gasteiger partial charge in [0, 0.05) is 17.3 Å². The zero-order chi connectivity index (χ0) is 29.8. The normalized spacial score (nSPS) is 12.7. The summed E-state index contributed by atoms with van der Waals surface area (Å²) in [5, 5.41) is 0. The Balaban J connectivity index is 1.30. The van der Waals surface area contributed by atoms with Gasteiger partial charge in [-0.3, -0.25) is 4.79 Å². The van der Waals surface area contributed by atoms with Crippen molar-refractivity contribution < 1.29 is 14.3 Å². The average Bonchev–Trinajstić information content (AvgIpc) is 3.59. The van der Waals surface area contributed by atoms with E-state index in [1.54, 1.807) is 24.3 Å². The Hall–Kier alpha value is -5.68. The van der Waals surface area contributed by atoms with Crippen LogP contribution in [0.3, 0.4) is 0 Å². The number of ketones is 1. The molecule has 0 aliphatic carbocycles. The number of allylic oxidation sites excluding steroid dienone is 1. The summed E-state index contributed by atoms with van der Waals surface area (Å²) in [4.78, 5) is 18.1. The largest absolute Gasteiger partial charge is 0.486 e. The number of carbonyl (C=O) groups excluding carboxylic acids is 1. The van der Waals surface area contributed by atoms with Crippen LogP contribution in [0, 0.1) is 0 Å². The van der Waals surface area contributed by atoms with Gasteiger partial charge in [-0.15, -0.1) is 0 Å². The number of hydrogen-bond donors (Lipinski definition) is 0. The third-order valence-corrected chi connectivity index (χ3v) is 8.02. The molecule has 1 aliphatic heterocycles. The molecular formula is C39H30N2O3. The lowest BCUT2D eigenvalue weighted by Crippen LogP contribution is -2.36. The minimum atomic E-state index is -0.659. The molecule has 7 rings (SSSR count). The van der Waals surface area contributed by atoms with Crippen molar-refractivity contribution in [2.24, 2.45) is 0 Å². The molecule has 44 heavy (non-hydrogen) atoms. The highest BCUT2D eigenvalue weighted by molar-refractivity contribution is 6.07. The summed E-state index contributed by atoms with van der Waals surface area (Å²) in [5.41, 5.74) is 5.90. The fourth-order valence-electron chi connectivity index (χ4n) is 5.96. The number of imidazole rings is 1. The van der Waals surface area contributed by atoms with Crippen molar-refractivity contribution in [3.8, 4) is 22.8 Å². The molecule has 0 bridgehead atoms. The molecule has 0 saturated carbocycles. The zero-order valence-electron chi connectivity index (χ0n) is 24.0. The van der Waals surface area contributed by atoms with E-state index in [1.807, 2.05) is 54.9 Å². The van der Waals surface area contributed by atoms with E-state index in [1.165, 1.54) is 0 Å². The maximum atomic E-state index is 13.2. The van der Waals surface area contributed by atoms with Crippen LogP contribution in [0.2, 0.25) is 0 Å². The molecule has 0 atom stereocenters. The van der Waals surface area contributed by atoms with Crippen LogP contribution in [0.5, 0.6) is 11.5 Å². The molecule has 0 saturated heterocycles. The number of rotatable bonds is 8. The summed E-state index contributed by atoms with van der Waals surface area (Å²) in [5.74, 6) is 1.15. The van der Waals surface area contributed by atoms with E-state index in [9.17, 15) is 4.79 Å². The fraction of sp³-hybridized carbons (Fsp3) is 0.0769. The number of hydrogen-bond acceptors (Lipinski definition) is 4. The minimum absolute atomic E-state index is 0.112. The van der Waals surface area contributed by atoms with Gasteiger partial charge >= 0.3 is 0 Å². The second-order valence-corrected chi connectivity index (χ2v) is 10.6. The van der Waals surface area contributed by atoms with Gasteiger partial charge in [0.25, 0.3) is 0 Å². The van der Waals surface area contributed by atoms with Crippen molar-refractivity contribution in [1.29, 1.82) is 0 Å². The molecule has 0 N–H and O–H groups in total. The van der Waals surface area contributed by atoms with Crippen molar-refractivity contribution in [2.75, 3.05) is 13.2 Å². The van der Waals surface area contributed by atoms with Crippen molar-refractivity contribution in [1.82, 2.24) is 9.55 Å². The Morgan fingerprint density at radius 2 is 1.25 bits per heavy atom. The van der Waals surface area contributed by atoms with Gasteiger partial charge in [-0.25, -0.2) is 4.98 Å². The summed E-state index contributed by atoms with van der Waals surface area (Å²) >= 11 is 0. The first-order chi connectivity index (χ1) is 21.7. The van der Waals surface area contributed by atoms with Crippen LogP contribution in [0.1, 0.15) is 32.6 Å². The molecule has 0 unspecified atom stereocenters. The topological polar surface area (TPSA) is 53.4 Å². The molecule has 0 fully saturated rings. The smallest absolute Gasteiger partial charge is 0.185 e. The highest BCUT2D eigenvalue weighted by Gasteiger charge is 2.38. The molecule has 6 aromatic rings. The zero-order valence-corrected chi connectivity index (χ0v) is 24.0. The van der Waals surface area contributed by atoms with E-state index in [4.69, 9.17) is 14.5 Å². The Bertz CT molecular complexity index is 1830. The summed E-state index contributed by atoms with van der Waals surface area (Å²) in [6.45, 7) is 0.983. The summed E-state index contributed by atoms with van der Waals surface area (Å²) < 4.78 is 13.5. The van der Waals surface area contributed by atoms with Gasteiger partial charge in [0.2, 0.25) is 0 Å². The molecule has 5 aromatic carbocycles. The van der Waals surface area contributed by atoms with Crippen LogP contribution in [0.15, 0.2) is 152 Å². The van der Waals surface area contributed by atoms with Crippen molar-refractivity contribution in [3.05, 3.63) is 180 Å².